The van der Waals surface area contributed by atoms with Gasteiger partial charge < -0.3 is 10.2 Å². The lowest BCUT2D eigenvalue weighted by Gasteiger charge is -2.17. The van der Waals surface area contributed by atoms with Crippen LogP contribution < -0.4 is 0 Å². The molecule has 76 valence electrons. The van der Waals surface area contributed by atoms with E-state index in [9.17, 15) is 14.3 Å². The average molecular weight is 199 g/mol. The highest BCUT2D eigenvalue weighted by Crippen LogP contribution is 2.15. The topological polar surface area (TPSA) is 70.4 Å². The number of hydrogen-bond donors (Lipinski definition) is 2. The summed E-state index contributed by atoms with van der Waals surface area (Å²) in [6, 6.07) is 1.34. The van der Waals surface area contributed by atoms with Gasteiger partial charge in [0.05, 0.1) is 6.20 Å². The number of aromatic nitrogens is 1. The zero-order chi connectivity index (χ0) is 10.8. The summed E-state index contributed by atoms with van der Waals surface area (Å²) in [4.78, 5) is 14.1. The number of carbonyl (C=O) groups is 1. The molecule has 0 aliphatic rings. The fraction of sp³-hybridized carbons (Fsp3) is 0.333. The van der Waals surface area contributed by atoms with Gasteiger partial charge in [-0.3, -0.25) is 4.98 Å². The summed E-state index contributed by atoms with van der Waals surface area (Å²) in [7, 11) is 0. The molecule has 14 heavy (non-hydrogen) atoms. The van der Waals surface area contributed by atoms with E-state index in [-0.39, 0.29) is 12.0 Å². The van der Waals surface area contributed by atoms with E-state index in [0.29, 0.717) is 0 Å². The third-order valence-corrected chi connectivity index (χ3v) is 1.85. The van der Waals surface area contributed by atoms with Crippen molar-refractivity contribution in [3.05, 3.63) is 29.8 Å². The van der Waals surface area contributed by atoms with Crippen LogP contribution in [0.3, 0.4) is 0 Å². The van der Waals surface area contributed by atoms with Crippen molar-refractivity contribution >= 4 is 5.97 Å². The zero-order valence-electron chi connectivity index (χ0n) is 7.57. The molecule has 0 saturated heterocycles. The minimum absolute atomic E-state index is 0.132. The highest BCUT2D eigenvalue weighted by Gasteiger charge is 2.30. The summed E-state index contributed by atoms with van der Waals surface area (Å²) >= 11 is 0. The molecule has 1 aromatic rings. The highest BCUT2D eigenvalue weighted by molar-refractivity contribution is 5.76. The van der Waals surface area contributed by atoms with Crippen LogP contribution in [0.5, 0.6) is 0 Å². The fourth-order valence-corrected chi connectivity index (χ4v) is 0.994. The lowest BCUT2D eigenvalue weighted by molar-refractivity contribution is -0.156. The quantitative estimate of drug-likeness (QED) is 0.747. The Labute approximate surface area is 80.0 Å². The Kier molecular flexibility index (Phi) is 2.81. The lowest BCUT2D eigenvalue weighted by Crippen LogP contribution is -2.37. The summed E-state index contributed by atoms with van der Waals surface area (Å²) < 4.78 is 13.0. The van der Waals surface area contributed by atoms with Crippen molar-refractivity contribution in [3.63, 3.8) is 0 Å². The molecular weight excluding hydrogens is 189 g/mol. The van der Waals surface area contributed by atoms with Gasteiger partial charge in [0.2, 0.25) is 0 Å². The van der Waals surface area contributed by atoms with Crippen molar-refractivity contribution in [2.45, 2.75) is 18.9 Å². The van der Waals surface area contributed by atoms with E-state index in [1.54, 1.807) is 0 Å². The number of aliphatic carboxylic acids is 1. The maximum Gasteiger partial charge on any atom is 0.335 e. The summed E-state index contributed by atoms with van der Waals surface area (Å²) in [5.74, 6) is -2.00. The molecule has 0 aromatic carbocycles. The van der Waals surface area contributed by atoms with E-state index < -0.39 is 17.4 Å². The highest BCUT2D eigenvalue weighted by atomic mass is 19.1. The van der Waals surface area contributed by atoms with Gasteiger partial charge >= 0.3 is 5.97 Å². The molecule has 0 amide bonds. The van der Waals surface area contributed by atoms with E-state index in [1.807, 2.05) is 0 Å². The maximum atomic E-state index is 13.0. The van der Waals surface area contributed by atoms with Crippen molar-refractivity contribution in [3.8, 4) is 0 Å². The van der Waals surface area contributed by atoms with Crippen molar-refractivity contribution in [2.24, 2.45) is 0 Å². The molecule has 1 unspecified atom stereocenters. The van der Waals surface area contributed by atoms with Gasteiger partial charge in [0, 0.05) is 12.6 Å². The van der Waals surface area contributed by atoms with Crippen molar-refractivity contribution in [1.82, 2.24) is 4.98 Å². The molecule has 5 heteroatoms. The Bertz CT molecular complexity index is 352. The minimum atomic E-state index is -1.96. The molecule has 4 nitrogen and oxygen atoms in total. The summed E-state index contributed by atoms with van der Waals surface area (Å²) in [6.07, 6.45) is 2.04. The predicted molar refractivity (Wildman–Crippen MR) is 46.2 cm³/mol. The van der Waals surface area contributed by atoms with Crippen LogP contribution in [0.15, 0.2) is 18.5 Å². The number of halogens is 1. The Balaban J connectivity index is 2.89. The van der Waals surface area contributed by atoms with Gasteiger partial charge in [0.25, 0.3) is 0 Å². The minimum Gasteiger partial charge on any atom is -0.479 e. The first-order chi connectivity index (χ1) is 6.43. The van der Waals surface area contributed by atoms with Gasteiger partial charge in [-0.15, -0.1) is 0 Å². The third-order valence-electron chi connectivity index (χ3n) is 1.85. The van der Waals surface area contributed by atoms with Crippen LogP contribution in [0.4, 0.5) is 4.39 Å². The molecule has 0 fully saturated rings. The van der Waals surface area contributed by atoms with Crippen LogP contribution in [-0.2, 0) is 11.2 Å². The Hall–Kier alpha value is -1.49. The van der Waals surface area contributed by atoms with Gasteiger partial charge in [0.15, 0.2) is 5.60 Å². The summed E-state index contributed by atoms with van der Waals surface area (Å²) in [6.45, 7) is 1.12. The van der Waals surface area contributed by atoms with Crippen molar-refractivity contribution < 1.29 is 19.4 Å². The second-order valence-electron chi connectivity index (χ2n) is 3.22. The first-order valence-corrected chi connectivity index (χ1v) is 3.97. The lowest BCUT2D eigenvalue weighted by atomic mass is 9.97. The van der Waals surface area contributed by atoms with Crippen LogP contribution >= 0.6 is 0 Å². The molecule has 2 N–H and O–H groups in total. The number of pyridine rings is 1. The molecular formula is C9H10FNO3. The second kappa shape index (κ2) is 3.71. The Morgan fingerprint density at radius 1 is 1.71 bits per heavy atom. The molecule has 1 rings (SSSR count). The van der Waals surface area contributed by atoms with E-state index >= 15 is 0 Å². The third kappa shape index (κ3) is 2.26. The van der Waals surface area contributed by atoms with Gasteiger partial charge in [-0.05, 0) is 18.6 Å². The number of hydrogen-bond acceptors (Lipinski definition) is 3. The van der Waals surface area contributed by atoms with Gasteiger partial charge in [0.1, 0.15) is 5.82 Å². The molecule has 0 aliphatic heterocycles. The van der Waals surface area contributed by atoms with E-state index in [0.717, 1.165) is 13.1 Å². The molecule has 1 atom stereocenters. The van der Waals surface area contributed by atoms with E-state index in [4.69, 9.17) is 5.11 Å². The van der Waals surface area contributed by atoms with Gasteiger partial charge in [-0.1, -0.05) is 0 Å². The first-order valence-electron chi connectivity index (χ1n) is 3.97. The van der Waals surface area contributed by atoms with Crippen LogP contribution in [0.2, 0.25) is 0 Å². The molecule has 0 bridgehead atoms. The second-order valence-corrected chi connectivity index (χ2v) is 3.22. The fourth-order valence-electron chi connectivity index (χ4n) is 0.994. The Morgan fingerprint density at radius 3 is 2.86 bits per heavy atom. The molecule has 1 aromatic heterocycles. The van der Waals surface area contributed by atoms with Gasteiger partial charge in [-0.2, -0.15) is 0 Å². The normalized spacial score (nSPS) is 14.8. The first kappa shape index (κ1) is 10.6. The van der Waals surface area contributed by atoms with Crippen LogP contribution in [0.25, 0.3) is 0 Å². The van der Waals surface area contributed by atoms with Crippen molar-refractivity contribution in [1.29, 1.82) is 0 Å². The van der Waals surface area contributed by atoms with Crippen LogP contribution in [0.1, 0.15) is 12.5 Å². The van der Waals surface area contributed by atoms with Crippen LogP contribution in [0, 0.1) is 5.82 Å². The standard InChI is InChI=1S/C9H10FNO3/c1-9(14,8(12)13)4-6-2-3-11-5-7(6)10/h2-3,5,14H,4H2,1H3,(H,12,13). The number of aliphatic hydroxyl groups is 1. The largest absolute Gasteiger partial charge is 0.479 e. The molecule has 0 radical (unpaired) electrons. The summed E-state index contributed by atoms with van der Waals surface area (Å²) in [5.41, 5.74) is -1.82. The number of carboxylic acids is 1. The maximum absolute atomic E-state index is 13.0. The predicted octanol–water partition coefficient (Wildman–Crippen LogP) is 0.599. The number of rotatable bonds is 3. The monoisotopic (exact) mass is 199 g/mol. The zero-order valence-corrected chi connectivity index (χ0v) is 7.57. The SMILES string of the molecule is CC(O)(Cc1ccncc1F)C(=O)O. The van der Waals surface area contributed by atoms with E-state index in [2.05, 4.69) is 4.98 Å². The molecule has 0 saturated carbocycles. The van der Waals surface area contributed by atoms with Gasteiger partial charge in [-0.25, -0.2) is 9.18 Å². The smallest absolute Gasteiger partial charge is 0.335 e. The molecule has 1 heterocycles. The van der Waals surface area contributed by atoms with Crippen LogP contribution in [-0.4, -0.2) is 26.8 Å². The summed E-state index contributed by atoms with van der Waals surface area (Å²) in [5, 5.41) is 18.0. The average Bonchev–Trinajstić information content (AvgIpc) is 2.08. The Morgan fingerprint density at radius 2 is 2.36 bits per heavy atom. The van der Waals surface area contributed by atoms with Crippen molar-refractivity contribution in [2.75, 3.05) is 0 Å². The number of nitrogens with zero attached hydrogens (tertiary/aromatic N) is 1. The molecule has 0 aliphatic carbocycles. The van der Waals surface area contributed by atoms with E-state index in [1.165, 1.54) is 12.3 Å². The molecule has 0 spiro atoms. The number of carboxylic acid groups (broad SMARTS) is 1.